The lowest BCUT2D eigenvalue weighted by atomic mass is 9.82. The molecule has 23 heavy (non-hydrogen) atoms. The predicted octanol–water partition coefficient (Wildman–Crippen LogP) is 1.82. The van der Waals surface area contributed by atoms with E-state index in [0.717, 1.165) is 18.4 Å². The minimum atomic E-state index is -0.623. The van der Waals surface area contributed by atoms with Gasteiger partial charge < -0.3 is 9.64 Å². The van der Waals surface area contributed by atoms with E-state index in [1.807, 2.05) is 6.07 Å². The molecule has 3 rings (SSSR count). The van der Waals surface area contributed by atoms with Crippen molar-refractivity contribution in [1.29, 1.82) is 0 Å². The molecule has 1 aromatic rings. The van der Waals surface area contributed by atoms with Gasteiger partial charge >= 0.3 is 5.97 Å². The van der Waals surface area contributed by atoms with Crippen LogP contribution in [0.2, 0.25) is 0 Å². The molecule has 1 saturated carbocycles. The first kappa shape index (κ1) is 15.8. The molecule has 0 N–H and O–H groups in total. The number of fused-ring (bicyclic) bond motifs is 2. The van der Waals surface area contributed by atoms with Gasteiger partial charge in [-0.3, -0.25) is 4.79 Å². The highest BCUT2D eigenvalue weighted by Crippen LogP contribution is 2.52. The summed E-state index contributed by atoms with van der Waals surface area (Å²) in [5, 5.41) is 0. The Morgan fingerprint density at radius 3 is 2.57 bits per heavy atom. The highest BCUT2D eigenvalue weighted by atomic mass is 16.6. The van der Waals surface area contributed by atoms with Gasteiger partial charge in [-0.15, -0.1) is 0 Å². The average molecular weight is 309 g/mol. The molecule has 1 aliphatic carbocycles. The van der Waals surface area contributed by atoms with Crippen LogP contribution in [0.5, 0.6) is 0 Å². The fourth-order valence-electron chi connectivity index (χ4n) is 3.04. The molecule has 4 nitrogen and oxygen atoms in total. The average Bonchev–Trinajstić information content (AvgIpc) is 3.21. The Kier molecular flexibility index (Phi) is 3.43. The standard InChI is InChI=1S/C18H20BNO3/c1-11(16(22)23-17(2,3)4)20-10-18(7-8-18)14-9-12(19)5-6-13(14)15(20)21/h5-6,9H,1,7-8,10H2,2-4H3. The van der Waals surface area contributed by atoms with Crippen LogP contribution in [0.25, 0.3) is 0 Å². The third-order valence-electron chi connectivity index (χ3n) is 4.37. The van der Waals surface area contributed by atoms with Crippen molar-refractivity contribution < 1.29 is 14.3 Å². The van der Waals surface area contributed by atoms with Crippen molar-refractivity contribution in [2.75, 3.05) is 6.54 Å². The Balaban J connectivity index is 1.92. The Bertz CT molecular complexity index is 713. The van der Waals surface area contributed by atoms with E-state index in [4.69, 9.17) is 12.6 Å². The minimum Gasteiger partial charge on any atom is -0.455 e. The molecule has 1 heterocycles. The van der Waals surface area contributed by atoms with Gasteiger partial charge in [0.1, 0.15) is 19.1 Å². The first-order valence-corrected chi connectivity index (χ1v) is 7.77. The van der Waals surface area contributed by atoms with Crippen molar-refractivity contribution in [2.24, 2.45) is 0 Å². The summed E-state index contributed by atoms with van der Waals surface area (Å²) >= 11 is 0. The Morgan fingerprint density at radius 2 is 2.00 bits per heavy atom. The van der Waals surface area contributed by atoms with Crippen molar-refractivity contribution in [3.63, 3.8) is 0 Å². The number of hydrogen-bond donors (Lipinski definition) is 0. The van der Waals surface area contributed by atoms with Gasteiger partial charge in [-0.1, -0.05) is 24.2 Å². The Hall–Kier alpha value is -2.04. The maximum atomic E-state index is 12.8. The number of nitrogens with zero attached hydrogens (tertiary/aromatic N) is 1. The summed E-state index contributed by atoms with van der Waals surface area (Å²) in [4.78, 5) is 26.5. The highest BCUT2D eigenvalue weighted by molar-refractivity contribution is 6.32. The third kappa shape index (κ3) is 2.80. The van der Waals surface area contributed by atoms with Crippen molar-refractivity contribution in [3.8, 4) is 0 Å². The second kappa shape index (κ2) is 4.98. The first-order chi connectivity index (χ1) is 10.6. The van der Waals surface area contributed by atoms with Gasteiger partial charge in [-0.2, -0.15) is 0 Å². The van der Waals surface area contributed by atoms with Crippen LogP contribution >= 0.6 is 0 Å². The number of ether oxygens (including phenoxy) is 1. The molecule has 1 amide bonds. The number of amides is 1. The molecule has 0 atom stereocenters. The maximum absolute atomic E-state index is 12.8. The number of carbonyl (C=O) groups excluding carboxylic acids is 2. The summed E-state index contributed by atoms with van der Waals surface area (Å²) in [5.41, 5.74) is 1.64. The lowest BCUT2D eigenvalue weighted by Crippen LogP contribution is -2.45. The summed E-state index contributed by atoms with van der Waals surface area (Å²) in [6.45, 7) is 9.63. The Labute approximate surface area is 137 Å². The quantitative estimate of drug-likeness (QED) is 0.476. The molecule has 0 saturated heterocycles. The fourth-order valence-corrected chi connectivity index (χ4v) is 3.04. The summed E-state index contributed by atoms with van der Waals surface area (Å²) in [5.74, 6) is -0.770. The van der Waals surface area contributed by atoms with E-state index in [-0.39, 0.29) is 17.0 Å². The molecule has 2 aliphatic rings. The molecule has 0 bridgehead atoms. The van der Waals surface area contributed by atoms with Crippen molar-refractivity contribution in [1.82, 2.24) is 4.90 Å². The van der Waals surface area contributed by atoms with Crippen molar-refractivity contribution in [3.05, 3.63) is 41.6 Å². The van der Waals surface area contributed by atoms with Crippen LogP contribution in [0.1, 0.15) is 49.5 Å². The topological polar surface area (TPSA) is 46.6 Å². The van der Waals surface area contributed by atoms with Crippen LogP contribution in [0.3, 0.4) is 0 Å². The molecule has 118 valence electrons. The normalized spacial score (nSPS) is 18.6. The van der Waals surface area contributed by atoms with E-state index < -0.39 is 11.6 Å². The van der Waals surface area contributed by atoms with E-state index in [1.54, 1.807) is 32.9 Å². The molecule has 1 spiro atoms. The molecule has 5 heteroatoms. The van der Waals surface area contributed by atoms with Gasteiger partial charge in [0.2, 0.25) is 0 Å². The predicted molar refractivity (Wildman–Crippen MR) is 88.8 cm³/mol. The van der Waals surface area contributed by atoms with Crippen LogP contribution in [0, 0.1) is 0 Å². The second-order valence-corrected chi connectivity index (χ2v) is 7.43. The SMILES string of the molecule is [B]c1ccc2c(c1)C1(CC1)CN(C(=C)C(=O)OC(C)(C)C)C2=O. The molecular weight excluding hydrogens is 289 g/mol. The zero-order chi connectivity index (χ0) is 17.0. The van der Waals surface area contributed by atoms with Crippen LogP contribution in [0.15, 0.2) is 30.5 Å². The number of rotatable bonds is 2. The van der Waals surface area contributed by atoms with Crippen molar-refractivity contribution >= 4 is 25.2 Å². The third-order valence-corrected chi connectivity index (χ3v) is 4.37. The fraction of sp³-hybridized carbons (Fsp3) is 0.444. The zero-order valence-electron chi connectivity index (χ0n) is 13.8. The van der Waals surface area contributed by atoms with E-state index >= 15 is 0 Å². The monoisotopic (exact) mass is 309 g/mol. The largest absolute Gasteiger partial charge is 0.455 e. The molecule has 1 aliphatic heterocycles. The van der Waals surface area contributed by atoms with Crippen LogP contribution in [-0.2, 0) is 14.9 Å². The molecular formula is C18H20BNO3. The molecule has 0 unspecified atom stereocenters. The maximum Gasteiger partial charge on any atom is 0.354 e. The van der Waals surface area contributed by atoms with E-state index in [0.29, 0.717) is 17.6 Å². The molecule has 0 aromatic heterocycles. The van der Waals surface area contributed by atoms with Crippen LogP contribution in [-0.4, -0.2) is 36.8 Å². The smallest absolute Gasteiger partial charge is 0.354 e. The van der Waals surface area contributed by atoms with Gasteiger partial charge in [-0.05, 0) is 45.2 Å². The van der Waals surface area contributed by atoms with E-state index in [2.05, 4.69) is 6.58 Å². The summed E-state index contributed by atoms with van der Waals surface area (Å²) in [6, 6.07) is 5.34. The van der Waals surface area contributed by atoms with Gasteiger partial charge in [0.25, 0.3) is 5.91 Å². The van der Waals surface area contributed by atoms with E-state index in [9.17, 15) is 9.59 Å². The lowest BCUT2D eigenvalue weighted by Gasteiger charge is -2.35. The molecule has 2 radical (unpaired) electrons. The molecule has 1 fully saturated rings. The first-order valence-electron chi connectivity index (χ1n) is 7.77. The summed E-state index contributed by atoms with van der Waals surface area (Å²) < 4.78 is 5.34. The number of hydrogen-bond acceptors (Lipinski definition) is 3. The summed E-state index contributed by atoms with van der Waals surface area (Å²) in [7, 11) is 5.87. The Morgan fingerprint density at radius 1 is 1.35 bits per heavy atom. The lowest BCUT2D eigenvalue weighted by molar-refractivity contribution is -0.151. The van der Waals surface area contributed by atoms with Gasteiger partial charge in [0.05, 0.1) is 0 Å². The van der Waals surface area contributed by atoms with E-state index in [1.165, 1.54) is 4.90 Å². The van der Waals surface area contributed by atoms with Gasteiger partial charge in [-0.25, -0.2) is 4.79 Å². The zero-order valence-corrected chi connectivity index (χ0v) is 13.8. The number of esters is 1. The number of benzene rings is 1. The second-order valence-electron chi connectivity index (χ2n) is 7.43. The summed E-state index contributed by atoms with van der Waals surface area (Å²) in [6.07, 6.45) is 1.96. The van der Waals surface area contributed by atoms with Crippen LogP contribution < -0.4 is 5.46 Å². The van der Waals surface area contributed by atoms with Gasteiger partial charge in [0, 0.05) is 17.5 Å². The van der Waals surface area contributed by atoms with Gasteiger partial charge in [0.15, 0.2) is 0 Å². The molecule has 1 aromatic carbocycles. The number of carbonyl (C=O) groups is 2. The van der Waals surface area contributed by atoms with Crippen LogP contribution in [0.4, 0.5) is 0 Å². The minimum absolute atomic E-state index is 0.0937. The van der Waals surface area contributed by atoms with Crippen molar-refractivity contribution in [2.45, 2.75) is 44.6 Å². The highest BCUT2D eigenvalue weighted by Gasteiger charge is 2.52.